The molecule has 8 heteroatoms. The van der Waals surface area contributed by atoms with Crippen LogP contribution >= 0.6 is 0 Å². The summed E-state index contributed by atoms with van der Waals surface area (Å²) in [5.74, 6) is -0.326. The van der Waals surface area contributed by atoms with Crippen LogP contribution < -0.4 is 0 Å². The minimum Gasteiger partial charge on any atom is -0.466 e. The van der Waals surface area contributed by atoms with Crippen molar-refractivity contribution in [1.29, 1.82) is 0 Å². The smallest absolute Gasteiger partial charge is 0.314 e. The fraction of sp³-hybridized carbons (Fsp3) is 0.333. The molecule has 0 saturated carbocycles. The summed E-state index contributed by atoms with van der Waals surface area (Å²) in [4.78, 5) is 31.7. The second-order valence-electron chi connectivity index (χ2n) is 7.93. The van der Waals surface area contributed by atoms with Crippen LogP contribution in [-0.4, -0.2) is 46.6 Å². The van der Waals surface area contributed by atoms with Gasteiger partial charge in [-0.15, -0.1) is 0 Å². The summed E-state index contributed by atoms with van der Waals surface area (Å²) in [7, 11) is 0. The number of ether oxygens (including phenoxy) is 1. The molecule has 3 aromatic rings. The van der Waals surface area contributed by atoms with E-state index in [-0.39, 0.29) is 37.3 Å². The average molecular weight is 437 g/mol. The first-order valence-corrected chi connectivity index (χ1v) is 10.6. The molecule has 0 unspecified atom stereocenters. The van der Waals surface area contributed by atoms with Crippen molar-refractivity contribution in [1.82, 2.24) is 15.0 Å². The van der Waals surface area contributed by atoms with Gasteiger partial charge < -0.3 is 14.2 Å². The molecule has 1 aliphatic heterocycles. The third-order valence-corrected chi connectivity index (χ3v) is 5.71. The van der Waals surface area contributed by atoms with Gasteiger partial charge in [-0.3, -0.25) is 14.6 Å². The SMILES string of the molecule is CCOC(=O)[C@]1(Cc2cc(-c3ccc(F)cc3)no2)CCCN(C(=O)c2ccncc2)C1. The maximum atomic E-state index is 13.2. The van der Waals surface area contributed by atoms with Crippen LogP contribution in [0, 0.1) is 11.2 Å². The van der Waals surface area contributed by atoms with Crippen molar-refractivity contribution in [2.75, 3.05) is 19.7 Å². The minimum atomic E-state index is -0.934. The monoisotopic (exact) mass is 437 g/mol. The van der Waals surface area contributed by atoms with Crippen molar-refractivity contribution in [2.24, 2.45) is 5.41 Å². The molecule has 1 atom stereocenters. The van der Waals surface area contributed by atoms with E-state index in [0.717, 1.165) is 0 Å². The van der Waals surface area contributed by atoms with E-state index in [1.807, 2.05) is 0 Å². The fourth-order valence-corrected chi connectivity index (χ4v) is 4.14. The third kappa shape index (κ3) is 4.54. The van der Waals surface area contributed by atoms with Crippen LogP contribution in [0.15, 0.2) is 59.4 Å². The Kier molecular flexibility index (Phi) is 6.30. The Hall–Kier alpha value is -3.55. The van der Waals surface area contributed by atoms with Crippen LogP contribution in [0.4, 0.5) is 4.39 Å². The molecule has 0 N–H and O–H groups in total. The van der Waals surface area contributed by atoms with Crippen LogP contribution in [0.5, 0.6) is 0 Å². The van der Waals surface area contributed by atoms with E-state index in [4.69, 9.17) is 9.26 Å². The highest BCUT2D eigenvalue weighted by Crippen LogP contribution is 2.36. The van der Waals surface area contributed by atoms with Crippen molar-refractivity contribution in [3.05, 3.63) is 72.0 Å². The van der Waals surface area contributed by atoms with Crippen molar-refractivity contribution in [3.8, 4) is 11.3 Å². The summed E-state index contributed by atoms with van der Waals surface area (Å²) in [6.45, 7) is 2.78. The number of piperidine rings is 1. The van der Waals surface area contributed by atoms with Crippen LogP contribution in [-0.2, 0) is 16.0 Å². The molecule has 1 aliphatic rings. The molecule has 32 heavy (non-hydrogen) atoms. The van der Waals surface area contributed by atoms with Gasteiger partial charge in [0.1, 0.15) is 17.3 Å². The molecule has 1 fully saturated rings. The number of nitrogens with zero attached hydrogens (tertiary/aromatic N) is 3. The number of carbonyl (C=O) groups excluding carboxylic acids is 2. The number of hydrogen-bond acceptors (Lipinski definition) is 6. The zero-order valence-electron chi connectivity index (χ0n) is 17.8. The number of rotatable bonds is 6. The van der Waals surface area contributed by atoms with Crippen LogP contribution in [0.1, 0.15) is 35.9 Å². The van der Waals surface area contributed by atoms with Crippen molar-refractivity contribution in [2.45, 2.75) is 26.2 Å². The largest absolute Gasteiger partial charge is 0.466 e. The van der Waals surface area contributed by atoms with E-state index >= 15 is 0 Å². The van der Waals surface area contributed by atoms with Crippen LogP contribution in [0.2, 0.25) is 0 Å². The van der Waals surface area contributed by atoms with Crippen LogP contribution in [0.3, 0.4) is 0 Å². The zero-order chi connectivity index (χ0) is 22.6. The number of hydrogen-bond donors (Lipinski definition) is 0. The highest BCUT2D eigenvalue weighted by atomic mass is 19.1. The number of esters is 1. The van der Waals surface area contributed by atoms with E-state index in [9.17, 15) is 14.0 Å². The number of amides is 1. The van der Waals surface area contributed by atoms with E-state index in [1.165, 1.54) is 12.1 Å². The summed E-state index contributed by atoms with van der Waals surface area (Å²) < 4.78 is 24.1. The molecule has 3 heterocycles. The first kappa shape index (κ1) is 21.7. The van der Waals surface area contributed by atoms with Gasteiger partial charge in [-0.25, -0.2) is 4.39 Å². The number of likely N-dealkylation sites (tertiary alicyclic amines) is 1. The molecule has 0 bridgehead atoms. The lowest BCUT2D eigenvalue weighted by Crippen LogP contribution is -2.51. The molecule has 1 saturated heterocycles. The molecule has 4 rings (SSSR count). The van der Waals surface area contributed by atoms with Gasteiger partial charge in [0.05, 0.1) is 12.0 Å². The third-order valence-electron chi connectivity index (χ3n) is 5.71. The summed E-state index contributed by atoms with van der Waals surface area (Å²) in [5.41, 5.74) is 0.860. The van der Waals surface area contributed by atoms with Gasteiger partial charge in [0, 0.05) is 49.1 Å². The first-order chi connectivity index (χ1) is 15.5. The summed E-state index contributed by atoms with van der Waals surface area (Å²) in [6, 6.07) is 11.0. The molecule has 1 aromatic carbocycles. The predicted molar refractivity (Wildman–Crippen MR) is 114 cm³/mol. The van der Waals surface area contributed by atoms with E-state index < -0.39 is 5.41 Å². The van der Waals surface area contributed by atoms with E-state index in [1.54, 1.807) is 54.5 Å². The van der Waals surface area contributed by atoms with Crippen molar-refractivity contribution in [3.63, 3.8) is 0 Å². The van der Waals surface area contributed by atoms with Gasteiger partial charge in [0.2, 0.25) is 0 Å². The number of halogens is 1. The lowest BCUT2D eigenvalue weighted by atomic mass is 9.76. The standard InChI is InChI=1S/C24H24FN3O4/c1-2-31-23(30)24(10-3-13-28(16-24)22(29)18-8-11-26-12-9-18)15-20-14-21(27-32-20)17-4-6-19(25)7-5-17/h4-9,11-12,14H,2-3,10,13,15-16H2,1H3/t24-/m0/s1. The van der Waals surface area contributed by atoms with Crippen molar-refractivity contribution >= 4 is 11.9 Å². The highest BCUT2D eigenvalue weighted by molar-refractivity contribution is 5.94. The molecule has 0 aliphatic carbocycles. The minimum absolute atomic E-state index is 0.148. The van der Waals surface area contributed by atoms with Gasteiger partial charge in [-0.2, -0.15) is 0 Å². The van der Waals surface area contributed by atoms with Gasteiger partial charge in [0.25, 0.3) is 5.91 Å². The Bertz CT molecular complexity index is 1080. The molecular formula is C24H24FN3O4. The normalized spacial score (nSPS) is 18.4. The number of pyridine rings is 1. The van der Waals surface area contributed by atoms with Gasteiger partial charge in [0.15, 0.2) is 0 Å². The van der Waals surface area contributed by atoms with Gasteiger partial charge in [-0.1, -0.05) is 5.16 Å². The second kappa shape index (κ2) is 9.30. The maximum absolute atomic E-state index is 13.2. The molecule has 0 radical (unpaired) electrons. The predicted octanol–water partition coefficient (Wildman–Crippen LogP) is 3.90. The Morgan fingerprint density at radius 1 is 1.19 bits per heavy atom. The molecule has 2 aromatic heterocycles. The lowest BCUT2D eigenvalue weighted by Gasteiger charge is -2.40. The van der Waals surface area contributed by atoms with E-state index in [2.05, 4.69) is 10.1 Å². The Morgan fingerprint density at radius 2 is 1.94 bits per heavy atom. The Balaban J connectivity index is 1.59. The Morgan fingerprint density at radius 3 is 2.66 bits per heavy atom. The van der Waals surface area contributed by atoms with E-state index in [0.29, 0.717) is 42.0 Å². The first-order valence-electron chi connectivity index (χ1n) is 10.6. The number of benzene rings is 1. The maximum Gasteiger partial charge on any atom is 0.314 e. The molecular weight excluding hydrogens is 413 g/mol. The summed E-state index contributed by atoms with van der Waals surface area (Å²) in [6.07, 6.45) is 4.62. The van der Waals surface area contributed by atoms with Gasteiger partial charge >= 0.3 is 5.97 Å². The highest BCUT2D eigenvalue weighted by Gasteiger charge is 2.46. The molecule has 1 amide bonds. The summed E-state index contributed by atoms with van der Waals surface area (Å²) in [5, 5.41) is 4.08. The quantitative estimate of drug-likeness (QED) is 0.544. The Labute approximate surface area is 185 Å². The topological polar surface area (TPSA) is 85.5 Å². The number of carbonyl (C=O) groups is 2. The lowest BCUT2D eigenvalue weighted by molar-refractivity contribution is -0.158. The number of aromatic nitrogens is 2. The van der Waals surface area contributed by atoms with Crippen LogP contribution in [0.25, 0.3) is 11.3 Å². The van der Waals surface area contributed by atoms with Crippen molar-refractivity contribution < 1.29 is 23.2 Å². The summed E-state index contributed by atoms with van der Waals surface area (Å²) >= 11 is 0. The van der Waals surface area contributed by atoms with Gasteiger partial charge in [-0.05, 0) is 56.2 Å². The second-order valence-corrected chi connectivity index (χ2v) is 7.93. The molecule has 166 valence electrons. The average Bonchev–Trinajstić information content (AvgIpc) is 3.28. The molecule has 7 nitrogen and oxygen atoms in total. The molecule has 0 spiro atoms. The zero-order valence-corrected chi connectivity index (χ0v) is 17.8. The fourth-order valence-electron chi connectivity index (χ4n) is 4.14.